The average Bonchev–Trinajstić information content (AvgIpc) is 2.78. The van der Waals surface area contributed by atoms with Crippen molar-refractivity contribution in [1.82, 2.24) is 0 Å². The van der Waals surface area contributed by atoms with Gasteiger partial charge in [-0.15, -0.1) is 11.3 Å². The molecule has 0 aliphatic carbocycles. The van der Waals surface area contributed by atoms with Crippen molar-refractivity contribution in [2.75, 3.05) is 0 Å². The Bertz CT molecular complexity index is 480. The van der Waals surface area contributed by atoms with Gasteiger partial charge in [0.2, 0.25) is 0 Å². The zero-order valence-electron chi connectivity index (χ0n) is 10.5. The van der Waals surface area contributed by atoms with Crippen LogP contribution in [0.4, 0.5) is 13.2 Å². The first-order chi connectivity index (χ1) is 8.47. The fourth-order valence-electron chi connectivity index (χ4n) is 1.41. The standard InChI is InChI=1S/C12H9F3S.C2H6/c1-8-2-7-11(16-8)9-3-5-10(6-4-9)12(13,14)15;1-2/h2-7H,1H3;1-2H3. The number of hydrogen-bond donors (Lipinski definition) is 0. The number of benzene rings is 1. The molecule has 0 bridgehead atoms. The molecular weight excluding hydrogens is 257 g/mol. The molecule has 0 unspecified atom stereocenters. The summed E-state index contributed by atoms with van der Waals surface area (Å²) in [5, 5.41) is 0. The van der Waals surface area contributed by atoms with Crippen LogP contribution in [0.1, 0.15) is 24.3 Å². The lowest BCUT2D eigenvalue weighted by molar-refractivity contribution is -0.137. The van der Waals surface area contributed by atoms with E-state index in [4.69, 9.17) is 0 Å². The van der Waals surface area contributed by atoms with Crippen LogP contribution in [0.3, 0.4) is 0 Å². The maximum atomic E-state index is 12.3. The molecule has 98 valence electrons. The van der Waals surface area contributed by atoms with Crippen molar-refractivity contribution in [1.29, 1.82) is 0 Å². The van der Waals surface area contributed by atoms with Gasteiger partial charge >= 0.3 is 6.18 Å². The Kier molecular flexibility index (Phi) is 4.96. The van der Waals surface area contributed by atoms with E-state index in [9.17, 15) is 13.2 Å². The van der Waals surface area contributed by atoms with Gasteiger partial charge in [-0.1, -0.05) is 26.0 Å². The van der Waals surface area contributed by atoms with Crippen LogP contribution in [0.2, 0.25) is 0 Å². The molecule has 18 heavy (non-hydrogen) atoms. The highest BCUT2D eigenvalue weighted by molar-refractivity contribution is 7.15. The minimum Gasteiger partial charge on any atom is -0.166 e. The van der Waals surface area contributed by atoms with Crippen LogP contribution in [-0.2, 0) is 6.18 Å². The summed E-state index contributed by atoms with van der Waals surface area (Å²) >= 11 is 1.57. The zero-order valence-corrected chi connectivity index (χ0v) is 11.3. The predicted molar refractivity (Wildman–Crippen MR) is 70.8 cm³/mol. The van der Waals surface area contributed by atoms with Crippen molar-refractivity contribution >= 4 is 11.3 Å². The highest BCUT2D eigenvalue weighted by atomic mass is 32.1. The van der Waals surface area contributed by atoms with Crippen molar-refractivity contribution in [3.8, 4) is 10.4 Å². The third-order valence-electron chi connectivity index (χ3n) is 2.24. The van der Waals surface area contributed by atoms with Gasteiger partial charge in [-0.25, -0.2) is 0 Å². The second-order valence-electron chi connectivity index (χ2n) is 3.49. The van der Waals surface area contributed by atoms with Gasteiger partial charge in [-0.3, -0.25) is 0 Å². The van der Waals surface area contributed by atoms with Gasteiger partial charge in [0.1, 0.15) is 0 Å². The summed E-state index contributed by atoms with van der Waals surface area (Å²) in [6.07, 6.45) is -4.26. The molecule has 2 aromatic rings. The van der Waals surface area contributed by atoms with Crippen molar-refractivity contribution in [3.63, 3.8) is 0 Å². The summed E-state index contributed by atoms with van der Waals surface area (Å²) in [6, 6.07) is 9.12. The molecule has 0 spiro atoms. The van der Waals surface area contributed by atoms with E-state index in [1.54, 1.807) is 11.3 Å². The van der Waals surface area contributed by atoms with Crippen molar-refractivity contribution in [3.05, 3.63) is 46.8 Å². The number of aryl methyl sites for hydroxylation is 1. The van der Waals surface area contributed by atoms with E-state index in [1.165, 1.54) is 12.1 Å². The smallest absolute Gasteiger partial charge is 0.166 e. The number of halogens is 3. The van der Waals surface area contributed by atoms with E-state index in [1.807, 2.05) is 32.9 Å². The molecule has 0 saturated heterocycles. The van der Waals surface area contributed by atoms with E-state index in [0.717, 1.165) is 27.5 Å². The molecule has 1 heterocycles. The number of alkyl halides is 3. The van der Waals surface area contributed by atoms with Gasteiger partial charge in [-0.2, -0.15) is 13.2 Å². The molecule has 0 radical (unpaired) electrons. The van der Waals surface area contributed by atoms with Crippen LogP contribution in [0.25, 0.3) is 10.4 Å². The highest BCUT2D eigenvalue weighted by Gasteiger charge is 2.29. The number of rotatable bonds is 1. The van der Waals surface area contributed by atoms with Crippen LogP contribution in [0.5, 0.6) is 0 Å². The second-order valence-corrected chi connectivity index (χ2v) is 4.77. The van der Waals surface area contributed by atoms with E-state index in [-0.39, 0.29) is 0 Å². The molecule has 1 aromatic heterocycles. The van der Waals surface area contributed by atoms with Crippen LogP contribution < -0.4 is 0 Å². The molecule has 0 aliphatic heterocycles. The van der Waals surface area contributed by atoms with Crippen molar-refractivity contribution in [2.45, 2.75) is 26.9 Å². The molecule has 0 fully saturated rings. The number of hydrogen-bond acceptors (Lipinski definition) is 1. The van der Waals surface area contributed by atoms with Gasteiger partial charge in [0.05, 0.1) is 5.56 Å². The molecule has 0 atom stereocenters. The summed E-state index contributed by atoms with van der Waals surface area (Å²) < 4.78 is 37.0. The van der Waals surface area contributed by atoms with E-state index in [2.05, 4.69) is 0 Å². The summed E-state index contributed by atoms with van der Waals surface area (Å²) in [5.41, 5.74) is 0.218. The van der Waals surface area contributed by atoms with Gasteiger partial charge in [-0.05, 0) is 36.8 Å². The highest BCUT2D eigenvalue weighted by Crippen LogP contribution is 2.32. The minimum atomic E-state index is -4.26. The first-order valence-corrected chi connectivity index (χ1v) is 6.52. The van der Waals surface area contributed by atoms with Gasteiger partial charge in [0.15, 0.2) is 0 Å². The van der Waals surface area contributed by atoms with Crippen LogP contribution in [-0.4, -0.2) is 0 Å². The Morgan fingerprint density at radius 3 is 1.83 bits per heavy atom. The molecule has 0 N–H and O–H groups in total. The van der Waals surface area contributed by atoms with E-state index < -0.39 is 11.7 Å². The quantitative estimate of drug-likeness (QED) is 0.618. The van der Waals surface area contributed by atoms with Gasteiger partial charge in [0, 0.05) is 9.75 Å². The fraction of sp³-hybridized carbons (Fsp3) is 0.286. The van der Waals surface area contributed by atoms with Gasteiger partial charge < -0.3 is 0 Å². The molecule has 2 rings (SSSR count). The third kappa shape index (κ3) is 3.60. The molecule has 0 aliphatic rings. The largest absolute Gasteiger partial charge is 0.416 e. The van der Waals surface area contributed by atoms with Crippen LogP contribution in [0.15, 0.2) is 36.4 Å². The van der Waals surface area contributed by atoms with E-state index in [0.29, 0.717) is 0 Å². The molecule has 0 saturated carbocycles. The monoisotopic (exact) mass is 272 g/mol. The lowest BCUT2D eigenvalue weighted by atomic mass is 10.1. The van der Waals surface area contributed by atoms with Crippen LogP contribution in [0, 0.1) is 6.92 Å². The summed E-state index contributed by atoms with van der Waals surface area (Å²) in [6.45, 7) is 5.97. The molecular formula is C14H15F3S. The minimum absolute atomic E-state index is 0.607. The Morgan fingerprint density at radius 2 is 1.44 bits per heavy atom. The fourth-order valence-corrected chi connectivity index (χ4v) is 2.29. The second kappa shape index (κ2) is 6.05. The molecule has 0 amide bonds. The Hall–Kier alpha value is -1.29. The molecule has 4 heteroatoms. The SMILES string of the molecule is CC.Cc1ccc(-c2ccc(C(F)(F)F)cc2)s1. The first kappa shape index (κ1) is 14.8. The zero-order chi connectivity index (χ0) is 13.8. The molecule has 1 aromatic carbocycles. The predicted octanol–water partition coefficient (Wildman–Crippen LogP) is 5.77. The van der Waals surface area contributed by atoms with Crippen molar-refractivity contribution in [2.24, 2.45) is 0 Å². The van der Waals surface area contributed by atoms with E-state index >= 15 is 0 Å². The van der Waals surface area contributed by atoms with Gasteiger partial charge in [0.25, 0.3) is 0 Å². The summed E-state index contributed by atoms with van der Waals surface area (Å²) in [5.74, 6) is 0. The summed E-state index contributed by atoms with van der Waals surface area (Å²) in [4.78, 5) is 2.14. The maximum Gasteiger partial charge on any atom is 0.416 e. The topological polar surface area (TPSA) is 0 Å². The Morgan fingerprint density at radius 1 is 0.889 bits per heavy atom. The normalized spacial score (nSPS) is 10.8. The Labute approximate surface area is 109 Å². The van der Waals surface area contributed by atoms with Crippen molar-refractivity contribution < 1.29 is 13.2 Å². The Balaban J connectivity index is 0.000000771. The third-order valence-corrected chi connectivity index (χ3v) is 3.29. The van der Waals surface area contributed by atoms with Crippen LogP contribution >= 0.6 is 11.3 Å². The first-order valence-electron chi connectivity index (χ1n) is 5.71. The molecule has 0 nitrogen and oxygen atoms in total. The lowest BCUT2D eigenvalue weighted by Crippen LogP contribution is -2.03. The average molecular weight is 272 g/mol. The maximum absolute atomic E-state index is 12.3. The summed E-state index contributed by atoms with van der Waals surface area (Å²) in [7, 11) is 0. The number of thiophene rings is 1. The lowest BCUT2D eigenvalue weighted by Gasteiger charge is -2.06.